The van der Waals surface area contributed by atoms with Gasteiger partial charge in [-0.3, -0.25) is 4.68 Å². The van der Waals surface area contributed by atoms with Crippen LogP contribution in [0, 0.1) is 13.8 Å². The van der Waals surface area contributed by atoms with Crippen molar-refractivity contribution in [3.8, 4) is 0 Å². The Bertz CT molecular complexity index is 617. The highest BCUT2D eigenvalue weighted by molar-refractivity contribution is 5.46. The van der Waals surface area contributed by atoms with E-state index in [1.54, 1.807) is 11.7 Å². The van der Waals surface area contributed by atoms with E-state index in [4.69, 9.17) is 0 Å². The Morgan fingerprint density at radius 2 is 2.00 bits per heavy atom. The van der Waals surface area contributed by atoms with E-state index in [1.807, 2.05) is 13.8 Å². The molecule has 0 spiro atoms. The monoisotopic (exact) mass is 284 g/mol. The Kier molecular flexibility index (Phi) is 3.69. The minimum Gasteiger partial charge on any atom is -0.365 e. The molecule has 0 amide bonds. The van der Waals surface area contributed by atoms with Gasteiger partial charge in [0.05, 0.1) is 11.3 Å². The summed E-state index contributed by atoms with van der Waals surface area (Å²) >= 11 is 0. The fraction of sp³-hybridized carbons (Fsp3) is 0.385. The number of nitrogens with one attached hydrogen (secondary N) is 1. The summed E-state index contributed by atoms with van der Waals surface area (Å²) in [4.78, 5) is 3.77. The first-order chi connectivity index (χ1) is 9.30. The topological polar surface area (TPSA) is 42.7 Å². The Morgan fingerprint density at radius 3 is 2.55 bits per heavy atom. The Morgan fingerprint density at radius 1 is 1.30 bits per heavy atom. The molecule has 0 radical (unpaired) electrons. The van der Waals surface area contributed by atoms with Gasteiger partial charge in [-0.15, -0.1) is 0 Å². The summed E-state index contributed by atoms with van der Waals surface area (Å²) in [7, 11) is 1.80. The van der Waals surface area contributed by atoms with Gasteiger partial charge in [0.2, 0.25) is 0 Å². The predicted molar refractivity (Wildman–Crippen MR) is 69.2 cm³/mol. The maximum Gasteiger partial charge on any atom is 0.419 e. The van der Waals surface area contributed by atoms with Gasteiger partial charge in [0.25, 0.3) is 0 Å². The Balaban J connectivity index is 2.24. The molecular formula is C13H15F3N4. The number of pyridine rings is 1. The summed E-state index contributed by atoms with van der Waals surface area (Å²) in [6.07, 6.45) is -3.09. The van der Waals surface area contributed by atoms with E-state index >= 15 is 0 Å². The first-order valence-corrected chi connectivity index (χ1v) is 6.06. The van der Waals surface area contributed by atoms with Gasteiger partial charge in [0.1, 0.15) is 5.82 Å². The van der Waals surface area contributed by atoms with Gasteiger partial charge in [-0.25, -0.2) is 4.98 Å². The third-order valence-electron chi connectivity index (χ3n) is 3.20. The molecule has 0 aliphatic rings. The lowest BCUT2D eigenvalue weighted by Gasteiger charge is -2.13. The summed E-state index contributed by atoms with van der Waals surface area (Å²) in [5.74, 6) is -0.164. The molecule has 1 N–H and O–H groups in total. The van der Waals surface area contributed by atoms with E-state index in [0.717, 1.165) is 23.0 Å². The van der Waals surface area contributed by atoms with E-state index in [1.165, 1.54) is 12.3 Å². The lowest BCUT2D eigenvalue weighted by molar-refractivity contribution is -0.137. The largest absolute Gasteiger partial charge is 0.419 e. The summed E-state index contributed by atoms with van der Waals surface area (Å²) in [6.45, 7) is 3.96. The van der Waals surface area contributed by atoms with Crippen molar-refractivity contribution in [2.75, 3.05) is 5.32 Å². The van der Waals surface area contributed by atoms with E-state index in [2.05, 4.69) is 15.4 Å². The number of alkyl halides is 3. The van der Waals surface area contributed by atoms with Gasteiger partial charge in [-0.05, 0) is 26.0 Å². The summed E-state index contributed by atoms with van der Waals surface area (Å²) in [5, 5.41) is 6.97. The lowest BCUT2D eigenvalue weighted by Crippen LogP contribution is -2.12. The van der Waals surface area contributed by atoms with Crippen LogP contribution in [0.15, 0.2) is 18.3 Å². The third-order valence-corrected chi connectivity index (χ3v) is 3.20. The van der Waals surface area contributed by atoms with Gasteiger partial charge >= 0.3 is 6.18 Å². The Hall–Kier alpha value is -2.05. The van der Waals surface area contributed by atoms with Crippen molar-refractivity contribution in [3.63, 3.8) is 0 Å². The number of hydrogen-bond donors (Lipinski definition) is 1. The van der Waals surface area contributed by atoms with Gasteiger partial charge in [0, 0.05) is 31.0 Å². The lowest BCUT2D eigenvalue weighted by atomic mass is 10.2. The zero-order valence-corrected chi connectivity index (χ0v) is 11.4. The number of aromatic nitrogens is 3. The molecule has 0 fully saturated rings. The molecule has 0 aliphatic carbocycles. The zero-order chi connectivity index (χ0) is 14.9. The van der Waals surface area contributed by atoms with Crippen LogP contribution in [0.5, 0.6) is 0 Å². The van der Waals surface area contributed by atoms with Crippen LogP contribution in [0.2, 0.25) is 0 Å². The second-order valence-electron chi connectivity index (χ2n) is 4.52. The van der Waals surface area contributed by atoms with E-state index in [-0.39, 0.29) is 12.4 Å². The molecule has 0 saturated carbocycles. The molecule has 0 unspecified atom stereocenters. The van der Waals surface area contributed by atoms with Gasteiger partial charge < -0.3 is 5.32 Å². The van der Waals surface area contributed by atoms with Gasteiger partial charge in [-0.2, -0.15) is 18.3 Å². The van der Waals surface area contributed by atoms with Crippen LogP contribution in [0.3, 0.4) is 0 Å². The van der Waals surface area contributed by atoms with Crippen LogP contribution in [0.25, 0.3) is 0 Å². The van der Waals surface area contributed by atoms with Crippen LogP contribution < -0.4 is 5.32 Å². The molecule has 20 heavy (non-hydrogen) atoms. The maximum absolute atomic E-state index is 12.8. The zero-order valence-electron chi connectivity index (χ0n) is 11.4. The summed E-state index contributed by atoms with van der Waals surface area (Å²) < 4.78 is 40.2. The average molecular weight is 284 g/mol. The van der Waals surface area contributed by atoms with Crippen LogP contribution in [-0.2, 0) is 19.8 Å². The van der Waals surface area contributed by atoms with Crippen LogP contribution in [0.4, 0.5) is 19.0 Å². The van der Waals surface area contributed by atoms with Crippen molar-refractivity contribution >= 4 is 5.82 Å². The van der Waals surface area contributed by atoms with Crippen molar-refractivity contribution in [1.29, 1.82) is 0 Å². The quantitative estimate of drug-likeness (QED) is 0.942. The molecule has 108 valence electrons. The van der Waals surface area contributed by atoms with Gasteiger partial charge in [-0.1, -0.05) is 0 Å². The smallest absolute Gasteiger partial charge is 0.365 e. The number of hydrogen-bond acceptors (Lipinski definition) is 3. The minimum atomic E-state index is -4.42. The highest BCUT2D eigenvalue weighted by Crippen LogP contribution is 2.33. The molecule has 7 heteroatoms. The van der Waals surface area contributed by atoms with E-state index in [9.17, 15) is 13.2 Å². The number of aryl methyl sites for hydroxylation is 2. The second-order valence-corrected chi connectivity index (χ2v) is 4.52. The number of anilines is 1. The molecule has 2 heterocycles. The van der Waals surface area contributed by atoms with Crippen molar-refractivity contribution in [2.45, 2.75) is 26.6 Å². The van der Waals surface area contributed by atoms with Crippen LogP contribution >= 0.6 is 0 Å². The summed E-state index contributed by atoms with van der Waals surface area (Å²) in [5.41, 5.74) is 1.83. The summed E-state index contributed by atoms with van der Waals surface area (Å²) in [6, 6.07) is 2.28. The fourth-order valence-corrected chi connectivity index (χ4v) is 2.02. The van der Waals surface area contributed by atoms with Crippen molar-refractivity contribution in [2.24, 2.45) is 7.05 Å². The molecule has 0 aliphatic heterocycles. The SMILES string of the molecule is Cc1nn(C)c(C)c1CNc1ncccc1C(F)(F)F. The maximum atomic E-state index is 12.8. The standard InChI is InChI=1S/C13H15F3N4/c1-8-10(9(2)20(3)19-8)7-18-12-11(13(14,15)16)5-4-6-17-12/h4-6H,7H2,1-3H3,(H,17,18). The molecular weight excluding hydrogens is 269 g/mol. The fourth-order valence-electron chi connectivity index (χ4n) is 2.02. The van der Waals surface area contributed by atoms with E-state index < -0.39 is 11.7 Å². The van der Waals surface area contributed by atoms with Crippen LogP contribution in [-0.4, -0.2) is 14.8 Å². The van der Waals surface area contributed by atoms with Crippen molar-refractivity contribution < 1.29 is 13.2 Å². The van der Waals surface area contributed by atoms with Crippen LogP contribution in [0.1, 0.15) is 22.5 Å². The molecule has 0 saturated heterocycles. The average Bonchev–Trinajstić information content (AvgIpc) is 2.60. The Labute approximate surface area is 114 Å². The normalized spacial score (nSPS) is 11.7. The first-order valence-electron chi connectivity index (χ1n) is 6.06. The van der Waals surface area contributed by atoms with Gasteiger partial charge in [0.15, 0.2) is 0 Å². The molecule has 4 nitrogen and oxygen atoms in total. The second kappa shape index (κ2) is 5.15. The van der Waals surface area contributed by atoms with Crippen molar-refractivity contribution in [3.05, 3.63) is 40.8 Å². The highest BCUT2D eigenvalue weighted by atomic mass is 19.4. The van der Waals surface area contributed by atoms with E-state index in [0.29, 0.717) is 0 Å². The number of nitrogens with zero attached hydrogens (tertiary/aromatic N) is 3. The number of rotatable bonds is 3. The first kappa shape index (κ1) is 14.4. The minimum absolute atomic E-state index is 0.164. The molecule has 2 aromatic heterocycles. The molecule has 0 aromatic carbocycles. The molecule has 0 atom stereocenters. The third kappa shape index (κ3) is 2.76. The molecule has 2 aromatic rings. The number of halogens is 3. The molecule has 2 rings (SSSR count). The highest BCUT2D eigenvalue weighted by Gasteiger charge is 2.34. The molecule has 0 bridgehead atoms. The predicted octanol–water partition coefficient (Wildman–Crippen LogP) is 3.06. The van der Waals surface area contributed by atoms with Crippen molar-refractivity contribution in [1.82, 2.24) is 14.8 Å².